The van der Waals surface area contributed by atoms with Crippen LogP contribution in [-0.2, 0) is 21.5 Å². The Bertz CT molecular complexity index is 914. The van der Waals surface area contributed by atoms with Gasteiger partial charge in [-0.05, 0) is 54.9 Å². The van der Waals surface area contributed by atoms with Crippen molar-refractivity contribution in [1.82, 2.24) is 13.9 Å². The molecule has 0 aliphatic rings. The molecule has 0 aliphatic carbocycles. The van der Waals surface area contributed by atoms with E-state index in [0.29, 0.717) is 17.8 Å². The summed E-state index contributed by atoms with van der Waals surface area (Å²) in [5, 5.41) is 0. The van der Waals surface area contributed by atoms with E-state index in [1.807, 2.05) is 25.3 Å². The molecular weight excluding hydrogens is 446 g/mol. The van der Waals surface area contributed by atoms with E-state index in [-0.39, 0.29) is 4.90 Å². The third-order valence-electron chi connectivity index (χ3n) is 4.48. The van der Waals surface area contributed by atoms with Gasteiger partial charge in [0.1, 0.15) is 12.2 Å². The summed E-state index contributed by atoms with van der Waals surface area (Å²) in [7, 11) is -3.17. The largest absolute Gasteiger partial charge is 0.361 e. The average Bonchev–Trinajstić information content (AvgIpc) is 2.92. The number of benzene rings is 1. The molecule has 0 spiro atoms. The molecule has 9 heteroatoms. The number of ether oxygens (including phenoxy) is 1. The average molecular weight is 477 g/mol. The quantitative estimate of drug-likeness (QED) is 0.435. The second-order valence-electron chi connectivity index (χ2n) is 8.98. The van der Waals surface area contributed by atoms with Gasteiger partial charge in [-0.15, -0.1) is 0 Å². The van der Waals surface area contributed by atoms with Gasteiger partial charge >= 0.3 is 0 Å². The Kier molecular flexibility index (Phi) is 6.63. The van der Waals surface area contributed by atoms with Crippen molar-refractivity contribution in [2.45, 2.75) is 63.6 Å². The van der Waals surface area contributed by atoms with Crippen molar-refractivity contribution >= 4 is 45.1 Å². The van der Waals surface area contributed by atoms with Crippen LogP contribution >= 0.6 is 15.9 Å². The highest BCUT2D eigenvalue weighted by Gasteiger charge is 2.31. The fourth-order valence-corrected chi connectivity index (χ4v) is 5.43. The summed E-state index contributed by atoms with van der Waals surface area (Å²) in [6.45, 7) is 13.6. The topological polar surface area (TPSA) is 64.4 Å². The molecule has 0 atom stereocenters. The number of fused-ring (bicyclic) bond motifs is 1. The molecule has 1 aromatic heterocycles. The van der Waals surface area contributed by atoms with E-state index in [1.54, 1.807) is 25.5 Å². The molecular formula is C18H30BrN3O3SSi. The van der Waals surface area contributed by atoms with Crippen LogP contribution in [0.1, 0.15) is 20.8 Å². The van der Waals surface area contributed by atoms with E-state index in [2.05, 4.69) is 40.6 Å². The first-order valence-electron chi connectivity index (χ1n) is 8.95. The molecule has 0 bridgehead atoms. The van der Waals surface area contributed by atoms with Crippen LogP contribution in [0.25, 0.3) is 11.0 Å². The molecule has 1 heterocycles. The molecule has 2 rings (SSSR count). The summed E-state index contributed by atoms with van der Waals surface area (Å²) in [5.41, 5.74) is 0.944. The smallest absolute Gasteiger partial charge is 0.243 e. The number of imidazole rings is 1. The van der Waals surface area contributed by atoms with Crippen LogP contribution in [0.4, 0.5) is 0 Å². The number of hydrogen-bond acceptors (Lipinski definition) is 4. The van der Waals surface area contributed by atoms with Gasteiger partial charge in [0.2, 0.25) is 10.0 Å². The van der Waals surface area contributed by atoms with Gasteiger partial charge in [0.15, 0.2) is 0 Å². The molecule has 1 aromatic carbocycles. The first-order valence-corrected chi connectivity index (χ1v) is 14.9. The summed E-state index contributed by atoms with van der Waals surface area (Å²) < 4.78 is 35.8. The SMILES string of the molecule is CN(C(C)(C)C)S(=O)(=O)c1cc(Br)c2ncn(COCC[Si](C)(C)C)c2c1. The number of rotatable bonds is 7. The van der Waals surface area contributed by atoms with Crippen LogP contribution in [0.2, 0.25) is 25.7 Å². The van der Waals surface area contributed by atoms with Gasteiger partial charge < -0.3 is 9.30 Å². The minimum atomic E-state index is -3.62. The Morgan fingerprint density at radius 3 is 2.44 bits per heavy atom. The van der Waals surface area contributed by atoms with Gasteiger partial charge in [0.25, 0.3) is 0 Å². The molecule has 0 N–H and O–H groups in total. The van der Waals surface area contributed by atoms with E-state index in [9.17, 15) is 8.42 Å². The van der Waals surface area contributed by atoms with Crippen molar-refractivity contribution < 1.29 is 13.2 Å². The molecule has 0 amide bonds. The minimum Gasteiger partial charge on any atom is -0.361 e. The molecule has 2 aromatic rings. The van der Waals surface area contributed by atoms with Crippen LogP contribution in [0, 0.1) is 0 Å². The minimum absolute atomic E-state index is 0.239. The maximum Gasteiger partial charge on any atom is 0.243 e. The molecule has 6 nitrogen and oxygen atoms in total. The summed E-state index contributed by atoms with van der Waals surface area (Å²) in [6.07, 6.45) is 1.69. The normalized spacial score (nSPS) is 13.7. The maximum atomic E-state index is 13.0. The van der Waals surface area contributed by atoms with Crippen molar-refractivity contribution in [2.24, 2.45) is 0 Å². The first kappa shape index (κ1) is 22.5. The highest BCUT2D eigenvalue weighted by Crippen LogP contribution is 2.30. The second-order valence-corrected chi connectivity index (χ2v) is 17.4. The van der Waals surface area contributed by atoms with Crippen molar-refractivity contribution in [3.05, 3.63) is 22.9 Å². The molecule has 0 saturated heterocycles. The van der Waals surface area contributed by atoms with Gasteiger partial charge in [0.05, 0.1) is 16.7 Å². The fraction of sp³-hybridized carbons (Fsp3) is 0.611. The van der Waals surface area contributed by atoms with Gasteiger partial charge in [-0.3, -0.25) is 0 Å². The number of sulfonamides is 1. The summed E-state index contributed by atoms with van der Waals surface area (Å²) in [4.78, 5) is 4.64. The fourth-order valence-electron chi connectivity index (χ4n) is 2.41. The monoisotopic (exact) mass is 475 g/mol. The van der Waals surface area contributed by atoms with Crippen molar-refractivity contribution in [2.75, 3.05) is 13.7 Å². The Balaban J connectivity index is 2.34. The number of hydrogen-bond donors (Lipinski definition) is 0. The molecule has 152 valence electrons. The molecule has 0 radical (unpaired) electrons. The third kappa shape index (κ3) is 5.41. The Labute approximate surface area is 172 Å². The highest BCUT2D eigenvalue weighted by molar-refractivity contribution is 9.10. The van der Waals surface area contributed by atoms with Crippen LogP contribution in [-0.4, -0.2) is 49.5 Å². The Morgan fingerprint density at radius 2 is 1.89 bits per heavy atom. The van der Waals surface area contributed by atoms with Gasteiger partial charge in [0, 0.05) is 31.7 Å². The van der Waals surface area contributed by atoms with Crippen molar-refractivity contribution in [3.8, 4) is 0 Å². The van der Waals surface area contributed by atoms with E-state index in [4.69, 9.17) is 4.74 Å². The van der Waals surface area contributed by atoms with Crippen LogP contribution in [0.5, 0.6) is 0 Å². The lowest BCUT2D eigenvalue weighted by atomic mass is 10.1. The van der Waals surface area contributed by atoms with Crippen molar-refractivity contribution in [1.29, 1.82) is 0 Å². The van der Waals surface area contributed by atoms with Crippen molar-refractivity contribution in [3.63, 3.8) is 0 Å². The van der Waals surface area contributed by atoms with Gasteiger partial charge in [-0.25, -0.2) is 13.4 Å². The Morgan fingerprint density at radius 1 is 1.26 bits per heavy atom. The van der Waals surface area contributed by atoms with E-state index < -0.39 is 23.6 Å². The number of halogens is 1. The predicted octanol–water partition coefficient (Wildman–Crippen LogP) is 4.53. The predicted molar refractivity (Wildman–Crippen MR) is 116 cm³/mol. The zero-order valence-electron chi connectivity index (χ0n) is 17.2. The lowest BCUT2D eigenvalue weighted by Crippen LogP contribution is -2.42. The third-order valence-corrected chi connectivity index (χ3v) is 8.89. The lowest BCUT2D eigenvalue weighted by molar-refractivity contribution is 0.0898. The highest BCUT2D eigenvalue weighted by atomic mass is 79.9. The molecule has 0 unspecified atom stereocenters. The zero-order valence-corrected chi connectivity index (χ0v) is 20.6. The van der Waals surface area contributed by atoms with Gasteiger partial charge in [-0.2, -0.15) is 4.31 Å². The molecule has 0 saturated carbocycles. The summed E-state index contributed by atoms with van der Waals surface area (Å²) in [5.74, 6) is 0. The summed E-state index contributed by atoms with van der Waals surface area (Å²) in [6, 6.07) is 4.37. The first-order chi connectivity index (χ1) is 12.2. The number of aromatic nitrogens is 2. The summed E-state index contributed by atoms with van der Waals surface area (Å²) >= 11 is 3.47. The number of nitrogens with zero attached hydrogens (tertiary/aromatic N) is 3. The molecule has 0 fully saturated rings. The van der Waals surface area contributed by atoms with E-state index in [1.165, 1.54) is 4.31 Å². The molecule has 27 heavy (non-hydrogen) atoms. The van der Waals surface area contributed by atoms with E-state index >= 15 is 0 Å². The molecule has 0 aliphatic heterocycles. The van der Waals surface area contributed by atoms with Gasteiger partial charge in [-0.1, -0.05) is 19.6 Å². The standard InChI is InChI=1S/C18H30BrN3O3SSi/c1-18(2,3)21(4)26(23,24)14-10-15(19)17-16(11-14)22(12-20-17)13-25-8-9-27(5,6)7/h10-12H,8-9,13H2,1-7H3. The van der Waals surface area contributed by atoms with E-state index in [0.717, 1.165) is 17.1 Å². The lowest BCUT2D eigenvalue weighted by Gasteiger charge is -2.31. The van der Waals surface area contributed by atoms with Crippen LogP contribution < -0.4 is 0 Å². The zero-order chi connectivity index (χ0) is 20.6. The van der Waals surface area contributed by atoms with Crippen LogP contribution in [0.3, 0.4) is 0 Å². The van der Waals surface area contributed by atoms with Crippen LogP contribution in [0.15, 0.2) is 27.8 Å². The second kappa shape index (κ2) is 7.94. The Hall–Kier alpha value is -0.743. The maximum absolute atomic E-state index is 13.0.